The summed E-state index contributed by atoms with van der Waals surface area (Å²) in [5.74, 6) is 1.34. The van der Waals surface area contributed by atoms with Crippen LogP contribution in [0.4, 0.5) is 11.8 Å². The van der Waals surface area contributed by atoms with E-state index in [1.807, 2.05) is 0 Å². The van der Waals surface area contributed by atoms with Crippen LogP contribution in [-0.2, 0) is 5.41 Å². The van der Waals surface area contributed by atoms with E-state index in [1.54, 1.807) is 0 Å². The summed E-state index contributed by atoms with van der Waals surface area (Å²) in [6.07, 6.45) is 0. The summed E-state index contributed by atoms with van der Waals surface area (Å²) in [4.78, 5) is 15.9. The molecule has 0 aromatic carbocycles. The highest BCUT2D eigenvalue weighted by atomic mass is 15.3. The predicted octanol–water partition coefficient (Wildman–Crippen LogP) is 1.04. The van der Waals surface area contributed by atoms with E-state index in [2.05, 4.69) is 65.6 Å². The lowest BCUT2D eigenvalue weighted by molar-refractivity contribution is 0.229. The Morgan fingerprint density at radius 2 is 1.77 bits per heavy atom. The zero-order valence-corrected chi connectivity index (χ0v) is 14.6. The topological polar surface area (TPSA) is 61.5 Å². The van der Waals surface area contributed by atoms with Gasteiger partial charge in [-0.2, -0.15) is 4.98 Å². The smallest absolute Gasteiger partial charge is 0.222 e. The Balaban J connectivity index is 2.01. The van der Waals surface area contributed by atoms with Gasteiger partial charge in [-0.3, -0.25) is 4.90 Å². The molecule has 0 bridgehead atoms. The number of hydrogen-bond acceptors (Lipinski definition) is 6. The minimum Gasteiger partial charge on any atom is -0.368 e. The second-order valence-electron chi connectivity index (χ2n) is 7.35. The molecule has 2 N–H and O–H groups in total. The molecular weight excluding hydrogens is 276 g/mol. The summed E-state index contributed by atoms with van der Waals surface area (Å²) in [5.41, 5.74) is 6.90. The van der Waals surface area contributed by atoms with E-state index in [0.29, 0.717) is 5.95 Å². The van der Waals surface area contributed by atoms with Crippen LogP contribution in [0, 0.1) is 0 Å². The Morgan fingerprint density at radius 3 is 2.32 bits per heavy atom. The van der Waals surface area contributed by atoms with E-state index in [1.165, 1.54) is 0 Å². The molecule has 1 aliphatic heterocycles. The molecule has 0 unspecified atom stereocenters. The number of aromatic nitrogens is 2. The number of hydrogen-bond donors (Lipinski definition) is 1. The molecular formula is C16H30N6. The van der Waals surface area contributed by atoms with Gasteiger partial charge < -0.3 is 15.5 Å². The first kappa shape index (κ1) is 17.0. The van der Waals surface area contributed by atoms with E-state index in [0.717, 1.165) is 50.8 Å². The van der Waals surface area contributed by atoms with Crippen LogP contribution in [0.1, 0.15) is 26.5 Å². The zero-order valence-electron chi connectivity index (χ0n) is 14.6. The minimum absolute atomic E-state index is 0.0145. The lowest BCUT2D eigenvalue weighted by Gasteiger charge is -2.36. The second-order valence-corrected chi connectivity index (χ2v) is 7.35. The van der Waals surface area contributed by atoms with Crippen molar-refractivity contribution in [1.29, 1.82) is 0 Å². The average molecular weight is 306 g/mol. The third-order valence-electron chi connectivity index (χ3n) is 4.06. The van der Waals surface area contributed by atoms with Gasteiger partial charge in [-0.15, -0.1) is 0 Å². The molecule has 6 nitrogen and oxygen atoms in total. The van der Waals surface area contributed by atoms with E-state index in [-0.39, 0.29) is 5.41 Å². The molecule has 0 amide bonds. The number of anilines is 2. The van der Waals surface area contributed by atoms with Crippen LogP contribution in [0.2, 0.25) is 0 Å². The molecule has 1 aromatic rings. The van der Waals surface area contributed by atoms with Crippen LogP contribution in [-0.4, -0.2) is 73.1 Å². The lowest BCUT2D eigenvalue weighted by atomic mass is 9.92. The van der Waals surface area contributed by atoms with Crippen molar-refractivity contribution < 1.29 is 0 Å². The van der Waals surface area contributed by atoms with Crippen LogP contribution in [0.5, 0.6) is 0 Å². The SMILES string of the molecule is CN(C)CCN1CCN(c2cc(C(C)(C)C)nc(N)n2)CC1. The normalized spacial score (nSPS) is 17.3. The fraction of sp³-hybridized carbons (Fsp3) is 0.750. The number of nitrogen functional groups attached to an aromatic ring is 1. The van der Waals surface area contributed by atoms with Gasteiger partial charge in [0.2, 0.25) is 5.95 Å². The minimum atomic E-state index is -0.0145. The van der Waals surface area contributed by atoms with Gasteiger partial charge in [0, 0.05) is 50.7 Å². The zero-order chi connectivity index (χ0) is 16.3. The van der Waals surface area contributed by atoms with Crippen molar-refractivity contribution in [2.24, 2.45) is 0 Å². The standard InChI is InChI=1S/C16H30N6/c1-16(2,3)13-12-14(19-15(17)18-13)22-10-8-21(9-11-22)7-6-20(4)5/h12H,6-11H2,1-5H3,(H2,17,18,19). The van der Waals surface area contributed by atoms with Crippen molar-refractivity contribution >= 4 is 11.8 Å². The molecule has 1 aliphatic rings. The Labute approximate surface area is 134 Å². The van der Waals surface area contributed by atoms with E-state index < -0.39 is 0 Å². The van der Waals surface area contributed by atoms with Gasteiger partial charge in [-0.25, -0.2) is 4.98 Å². The molecule has 0 saturated carbocycles. The second kappa shape index (κ2) is 6.79. The molecule has 0 spiro atoms. The molecule has 22 heavy (non-hydrogen) atoms. The summed E-state index contributed by atoms with van der Waals surface area (Å²) in [6, 6.07) is 2.09. The fourth-order valence-corrected chi connectivity index (χ4v) is 2.54. The van der Waals surface area contributed by atoms with E-state index >= 15 is 0 Å². The molecule has 0 aliphatic carbocycles. The van der Waals surface area contributed by atoms with Gasteiger partial charge in [0.25, 0.3) is 0 Å². The van der Waals surface area contributed by atoms with Crippen LogP contribution >= 0.6 is 0 Å². The lowest BCUT2D eigenvalue weighted by Crippen LogP contribution is -2.48. The number of nitrogens with two attached hydrogens (primary N) is 1. The Bertz CT molecular complexity index is 486. The molecule has 2 rings (SSSR count). The van der Waals surface area contributed by atoms with Crippen molar-refractivity contribution in [3.05, 3.63) is 11.8 Å². The van der Waals surface area contributed by atoms with Crippen molar-refractivity contribution in [3.8, 4) is 0 Å². The monoisotopic (exact) mass is 306 g/mol. The van der Waals surface area contributed by atoms with Gasteiger partial charge in [-0.05, 0) is 14.1 Å². The first-order valence-corrected chi connectivity index (χ1v) is 8.03. The van der Waals surface area contributed by atoms with Gasteiger partial charge in [0.1, 0.15) is 5.82 Å². The van der Waals surface area contributed by atoms with Crippen molar-refractivity contribution in [1.82, 2.24) is 19.8 Å². The van der Waals surface area contributed by atoms with Crippen LogP contribution in [0.15, 0.2) is 6.07 Å². The highest BCUT2D eigenvalue weighted by molar-refractivity contribution is 5.45. The third-order valence-corrected chi connectivity index (χ3v) is 4.06. The molecule has 2 heterocycles. The molecule has 6 heteroatoms. The Hall–Kier alpha value is -1.40. The quantitative estimate of drug-likeness (QED) is 0.897. The first-order chi connectivity index (χ1) is 10.3. The maximum atomic E-state index is 5.91. The van der Waals surface area contributed by atoms with E-state index in [9.17, 15) is 0 Å². The highest BCUT2D eigenvalue weighted by Gasteiger charge is 2.22. The maximum Gasteiger partial charge on any atom is 0.222 e. The largest absolute Gasteiger partial charge is 0.368 e. The maximum absolute atomic E-state index is 5.91. The molecule has 0 radical (unpaired) electrons. The van der Waals surface area contributed by atoms with Gasteiger partial charge >= 0.3 is 0 Å². The van der Waals surface area contributed by atoms with Gasteiger partial charge in [-0.1, -0.05) is 20.8 Å². The third kappa shape index (κ3) is 4.55. The predicted molar refractivity (Wildman–Crippen MR) is 92.4 cm³/mol. The Kier molecular flexibility index (Phi) is 5.24. The number of nitrogens with zero attached hydrogens (tertiary/aromatic N) is 5. The summed E-state index contributed by atoms with van der Waals surface area (Å²) in [7, 11) is 4.24. The van der Waals surface area contributed by atoms with Crippen molar-refractivity contribution in [3.63, 3.8) is 0 Å². The molecule has 1 aromatic heterocycles. The summed E-state index contributed by atoms with van der Waals surface area (Å²) in [5, 5.41) is 0. The van der Waals surface area contributed by atoms with E-state index in [4.69, 9.17) is 5.73 Å². The number of piperazine rings is 1. The van der Waals surface area contributed by atoms with Gasteiger partial charge in [0.15, 0.2) is 0 Å². The fourth-order valence-electron chi connectivity index (χ4n) is 2.54. The van der Waals surface area contributed by atoms with Crippen molar-refractivity contribution in [2.75, 3.05) is 64.0 Å². The van der Waals surface area contributed by atoms with Crippen LogP contribution in [0.25, 0.3) is 0 Å². The first-order valence-electron chi connectivity index (χ1n) is 8.03. The average Bonchev–Trinajstić information content (AvgIpc) is 2.44. The van der Waals surface area contributed by atoms with Crippen LogP contribution < -0.4 is 10.6 Å². The number of likely N-dealkylation sites (N-methyl/N-ethyl adjacent to an activating group) is 1. The molecule has 1 saturated heterocycles. The van der Waals surface area contributed by atoms with Crippen LogP contribution in [0.3, 0.4) is 0 Å². The molecule has 1 fully saturated rings. The highest BCUT2D eigenvalue weighted by Crippen LogP contribution is 2.25. The Morgan fingerprint density at radius 1 is 1.14 bits per heavy atom. The summed E-state index contributed by atoms with van der Waals surface area (Å²) in [6.45, 7) is 12.8. The van der Waals surface area contributed by atoms with Gasteiger partial charge in [0.05, 0.1) is 5.69 Å². The number of rotatable bonds is 4. The van der Waals surface area contributed by atoms with Crippen molar-refractivity contribution in [2.45, 2.75) is 26.2 Å². The summed E-state index contributed by atoms with van der Waals surface area (Å²) >= 11 is 0. The molecule has 124 valence electrons. The summed E-state index contributed by atoms with van der Waals surface area (Å²) < 4.78 is 0. The molecule has 0 atom stereocenters.